The van der Waals surface area contributed by atoms with Crippen molar-refractivity contribution in [2.45, 2.75) is 0 Å². The molecule has 1 aromatic heterocycles. The zero-order valence-electron chi connectivity index (χ0n) is 11.9. The number of hydrogen-bond donors (Lipinski definition) is 2. The van der Waals surface area contributed by atoms with E-state index in [1.165, 1.54) is 12.1 Å². The van der Waals surface area contributed by atoms with E-state index in [2.05, 4.69) is 9.97 Å². The van der Waals surface area contributed by atoms with Gasteiger partial charge in [-0.2, -0.15) is 0 Å². The van der Waals surface area contributed by atoms with Crippen LogP contribution in [0.15, 0.2) is 59.5 Å². The molecule has 0 saturated carbocycles. The van der Waals surface area contributed by atoms with Gasteiger partial charge in [0.15, 0.2) is 0 Å². The molecule has 0 saturated heterocycles. The Bertz CT molecular complexity index is 837. The van der Waals surface area contributed by atoms with Crippen molar-refractivity contribution in [2.75, 3.05) is 7.11 Å². The van der Waals surface area contributed by atoms with Gasteiger partial charge < -0.3 is 14.8 Å². The van der Waals surface area contributed by atoms with Crippen molar-refractivity contribution in [3.05, 3.63) is 65.1 Å². The Kier molecular flexibility index (Phi) is 3.62. The second kappa shape index (κ2) is 5.73. The second-order valence-electron chi connectivity index (χ2n) is 4.75. The fourth-order valence-electron chi connectivity index (χ4n) is 2.14. The normalized spacial score (nSPS) is 10.4. The first-order chi connectivity index (χ1) is 10.7. The van der Waals surface area contributed by atoms with Gasteiger partial charge in [0.25, 0.3) is 5.56 Å². The van der Waals surface area contributed by atoms with E-state index in [-0.39, 0.29) is 11.3 Å². The summed E-state index contributed by atoms with van der Waals surface area (Å²) >= 11 is 0. The quantitative estimate of drug-likeness (QED) is 0.779. The highest BCUT2D eigenvalue weighted by Gasteiger charge is 2.07. The molecule has 0 radical (unpaired) electrons. The number of nitrogens with zero attached hydrogens (tertiary/aromatic N) is 1. The molecular weight excluding hydrogens is 280 g/mol. The van der Waals surface area contributed by atoms with Gasteiger partial charge in [-0.05, 0) is 54.1 Å². The van der Waals surface area contributed by atoms with Crippen LogP contribution in [-0.2, 0) is 0 Å². The van der Waals surface area contributed by atoms with E-state index in [1.807, 2.05) is 24.3 Å². The van der Waals surface area contributed by atoms with Gasteiger partial charge in [0, 0.05) is 5.56 Å². The van der Waals surface area contributed by atoms with Crippen molar-refractivity contribution >= 4 is 0 Å². The Balaban J connectivity index is 1.98. The van der Waals surface area contributed by atoms with E-state index in [4.69, 9.17) is 4.74 Å². The molecule has 0 bridgehead atoms. The molecule has 22 heavy (non-hydrogen) atoms. The Morgan fingerprint density at radius 3 is 2.23 bits per heavy atom. The number of H-pyrrole nitrogens is 1. The van der Waals surface area contributed by atoms with Gasteiger partial charge >= 0.3 is 0 Å². The van der Waals surface area contributed by atoms with Crippen LogP contribution in [0, 0.1) is 0 Å². The first kappa shape index (κ1) is 13.9. The Hall–Kier alpha value is -3.08. The Morgan fingerprint density at radius 1 is 1.00 bits per heavy atom. The van der Waals surface area contributed by atoms with Crippen LogP contribution in [0.1, 0.15) is 0 Å². The number of aromatic amines is 1. The fraction of sp³-hybridized carbons (Fsp3) is 0.0588. The van der Waals surface area contributed by atoms with Crippen LogP contribution < -0.4 is 10.3 Å². The number of methoxy groups -OCH3 is 1. The smallest absolute Gasteiger partial charge is 0.274 e. The van der Waals surface area contributed by atoms with E-state index in [0.717, 1.165) is 11.3 Å². The lowest BCUT2D eigenvalue weighted by atomic mass is 10.1. The molecule has 0 aliphatic rings. The Labute approximate surface area is 126 Å². The Morgan fingerprint density at radius 2 is 1.64 bits per heavy atom. The third-order valence-electron chi connectivity index (χ3n) is 3.33. The van der Waals surface area contributed by atoms with Crippen molar-refractivity contribution < 1.29 is 9.84 Å². The number of benzene rings is 2. The van der Waals surface area contributed by atoms with E-state index in [9.17, 15) is 9.90 Å². The minimum absolute atomic E-state index is 0.148. The molecule has 5 heteroatoms. The first-order valence-electron chi connectivity index (χ1n) is 6.70. The molecule has 0 amide bonds. The van der Waals surface area contributed by atoms with Crippen LogP contribution >= 0.6 is 0 Å². The molecule has 5 nitrogen and oxygen atoms in total. The van der Waals surface area contributed by atoms with Crippen LogP contribution in [0.25, 0.3) is 22.5 Å². The van der Waals surface area contributed by atoms with Gasteiger partial charge in [0.2, 0.25) is 0 Å². The van der Waals surface area contributed by atoms with Crippen LogP contribution in [-0.4, -0.2) is 22.2 Å². The lowest BCUT2D eigenvalue weighted by molar-refractivity contribution is 0.415. The fourth-order valence-corrected chi connectivity index (χ4v) is 2.14. The summed E-state index contributed by atoms with van der Waals surface area (Å²) in [5, 5.41) is 9.29. The third kappa shape index (κ3) is 2.69. The minimum Gasteiger partial charge on any atom is -0.508 e. The van der Waals surface area contributed by atoms with Gasteiger partial charge in [-0.3, -0.25) is 4.79 Å². The molecule has 3 aromatic rings. The zero-order chi connectivity index (χ0) is 15.5. The van der Waals surface area contributed by atoms with Crippen molar-refractivity contribution in [1.29, 1.82) is 0 Å². The molecule has 0 aliphatic carbocycles. The predicted molar refractivity (Wildman–Crippen MR) is 83.9 cm³/mol. The van der Waals surface area contributed by atoms with Crippen molar-refractivity contribution in [1.82, 2.24) is 9.97 Å². The average Bonchev–Trinajstić information content (AvgIpc) is 2.56. The number of aromatic hydroxyl groups is 1. The molecule has 0 fully saturated rings. The lowest BCUT2D eigenvalue weighted by Gasteiger charge is -2.05. The van der Waals surface area contributed by atoms with E-state index in [1.54, 1.807) is 25.4 Å². The molecule has 0 spiro atoms. The topological polar surface area (TPSA) is 75.2 Å². The first-order valence-corrected chi connectivity index (χ1v) is 6.70. The summed E-state index contributed by atoms with van der Waals surface area (Å²) in [6.07, 6.45) is 1.62. The monoisotopic (exact) mass is 294 g/mol. The van der Waals surface area contributed by atoms with Gasteiger partial charge in [0.05, 0.1) is 19.0 Å². The molecule has 3 rings (SSSR count). The number of phenols is 1. The van der Waals surface area contributed by atoms with E-state index >= 15 is 0 Å². The summed E-state index contributed by atoms with van der Waals surface area (Å²) in [6.45, 7) is 0. The van der Waals surface area contributed by atoms with Crippen LogP contribution in [0.3, 0.4) is 0 Å². The maximum Gasteiger partial charge on any atom is 0.274 e. The third-order valence-corrected chi connectivity index (χ3v) is 3.33. The van der Waals surface area contributed by atoms with Crippen LogP contribution in [0.4, 0.5) is 0 Å². The van der Waals surface area contributed by atoms with Gasteiger partial charge in [-0.15, -0.1) is 0 Å². The standard InChI is InChI=1S/C17H14N2O3/c1-22-14-8-4-11(5-9-14)15-10-18-16(17(21)19-15)12-2-6-13(20)7-3-12/h2-10,20H,1H3,(H,19,21). The average molecular weight is 294 g/mol. The van der Waals surface area contributed by atoms with Crippen LogP contribution in [0.5, 0.6) is 11.5 Å². The summed E-state index contributed by atoms with van der Waals surface area (Å²) in [7, 11) is 1.60. The summed E-state index contributed by atoms with van der Waals surface area (Å²) in [4.78, 5) is 19.3. The van der Waals surface area contributed by atoms with Gasteiger partial charge in [-0.25, -0.2) is 4.98 Å². The number of ether oxygens (including phenoxy) is 1. The molecule has 0 aliphatic heterocycles. The number of aromatic nitrogens is 2. The molecule has 2 aromatic carbocycles. The molecule has 0 atom stereocenters. The molecule has 2 N–H and O–H groups in total. The number of phenolic OH excluding ortho intramolecular Hbond substituents is 1. The number of hydrogen-bond acceptors (Lipinski definition) is 4. The van der Waals surface area contributed by atoms with E-state index in [0.29, 0.717) is 17.0 Å². The lowest BCUT2D eigenvalue weighted by Crippen LogP contribution is -2.11. The molecule has 110 valence electrons. The highest BCUT2D eigenvalue weighted by molar-refractivity contribution is 5.63. The molecular formula is C17H14N2O3. The minimum atomic E-state index is -0.279. The largest absolute Gasteiger partial charge is 0.508 e. The van der Waals surface area contributed by atoms with Crippen LogP contribution in [0.2, 0.25) is 0 Å². The maximum absolute atomic E-state index is 12.2. The van der Waals surface area contributed by atoms with Crippen molar-refractivity contribution in [3.8, 4) is 34.0 Å². The van der Waals surface area contributed by atoms with Gasteiger partial charge in [0.1, 0.15) is 17.2 Å². The number of nitrogens with one attached hydrogen (secondary N) is 1. The second-order valence-corrected chi connectivity index (χ2v) is 4.75. The summed E-state index contributed by atoms with van der Waals surface area (Å²) in [5.74, 6) is 0.898. The van der Waals surface area contributed by atoms with Crippen molar-refractivity contribution in [3.63, 3.8) is 0 Å². The summed E-state index contributed by atoms with van der Waals surface area (Å²) in [6, 6.07) is 13.7. The molecule has 0 unspecified atom stereocenters. The maximum atomic E-state index is 12.2. The van der Waals surface area contributed by atoms with Gasteiger partial charge in [-0.1, -0.05) is 0 Å². The predicted octanol–water partition coefficient (Wildman–Crippen LogP) is 2.82. The zero-order valence-corrected chi connectivity index (χ0v) is 11.9. The highest BCUT2D eigenvalue weighted by Crippen LogP contribution is 2.21. The highest BCUT2D eigenvalue weighted by atomic mass is 16.5. The number of rotatable bonds is 3. The summed E-state index contributed by atoms with van der Waals surface area (Å²) < 4.78 is 5.11. The van der Waals surface area contributed by atoms with E-state index < -0.39 is 0 Å². The summed E-state index contributed by atoms with van der Waals surface area (Å²) in [5.41, 5.74) is 2.18. The van der Waals surface area contributed by atoms with Crippen molar-refractivity contribution in [2.24, 2.45) is 0 Å². The SMILES string of the molecule is COc1ccc(-c2cnc(-c3ccc(O)cc3)c(=O)[nH]2)cc1. The molecule has 1 heterocycles.